The van der Waals surface area contributed by atoms with Crippen LogP contribution in [0.4, 0.5) is 0 Å². The number of nitrogens with zero attached hydrogens (tertiary/aromatic N) is 1. The summed E-state index contributed by atoms with van der Waals surface area (Å²) in [5, 5.41) is 0. The molecule has 0 unspecified atom stereocenters. The molecule has 0 aromatic heterocycles. The van der Waals surface area contributed by atoms with Gasteiger partial charge in [0.1, 0.15) is 5.78 Å². The molecule has 0 aromatic carbocycles. The van der Waals surface area contributed by atoms with Crippen LogP contribution in [-0.2, 0) is 4.79 Å². The standard InChI is InChI=1S/C13H25NO/c1-11-5-8-14(9-6-11)10-7-12(15)13(2,3)4/h11H,5-10H2,1-4H3. The summed E-state index contributed by atoms with van der Waals surface area (Å²) in [6, 6.07) is 0. The summed E-state index contributed by atoms with van der Waals surface area (Å²) in [5.41, 5.74) is -0.164. The summed E-state index contributed by atoms with van der Waals surface area (Å²) in [4.78, 5) is 14.2. The van der Waals surface area contributed by atoms with Crippen molar-refractivity contribution >= 4 is 5.78 Å². The predicted octanol–water partition coefficient (Wildman–Crippen LogP) is 2.72. The number of carbonyl (C=O) groups is 1. The number of hydrogen-bond donors (Lipinski definition) is 0. The first-order valence-electron chi connectivity index (χ1n) is 6.15. The molecule has 2 heteroatoms. The molecule has 1 saturated heterocycles. The summed E-state index contributed by atoms with van der Waals surface area (Å²) in [6.07, 6.45) is 3.31. The smallest absolute Gasteiger partial charge is 0.139 e. The molecule has 1 heterocycles. The predicted molar refractivity (Wildman–Crippen MR) is 63.9 cm³/mol. The summed E-state index contributed by atoms with van der Waals surface area (Å²) < 4.78 is 0. The fraction of sp³-hybridized carbons (Fsp3) is 0.923. The van der Waals surface area contributed by atoms with Gasteiger partial charge in [0, 0.05) is 18.4 Å². The van der Waals surface area contributed by atoms with Crippen LogP contribution in [0.3, 0.4) is 0 Å². The maximum absolute atomic E-state index is 11.7. The molecule has 1 aliphatic heterocycles. The zero-order chi connectivity index (χ0) is 11.5. The molecule has 0 atom stereocenters. The average Bonchev–Trinajstić information content (AvgIpc) is 2.15. The van der Waals surface area contributed by atoms with E-state index in [4.69, 9.17) is 0 Å². The van der Waals surface area contributed by atoms with Crippen molar-refractivity contribution in [2.24, 2.45) is 11.3 Å². The van der Waals surface area contributed by atoms with E-state index in [-0.39, 0.29) is 5.41 Å². The molecule has 0 aromatic rings. The number of hydrogen-bond acceptors (Lipinski definition) is 2. The fourth-order valence-electron chi connectivity index (χ4n) is 1.92. The highest BCUT2D eigenvalue weighted by Gasteiger charge is 2.22. The fourth-order valence-corrected chi connectivity index (χ4v) is 1.92. The number of ketones is 1. The highest BCUT2D eigenvalue weighted by atomic mass is 16.1. The first-order chi connectivity index (χ1) is 6.89. The van der Waals surface area contributed by atoms with E-state index in [9.17, 15) is 4.79 Å². The van der Waals surface area contributed by atoms with E-state index in [1.807, 2.05) is 20.8 Å². The third-order valence-corrected chi connectivity index (χ3v) is 3.37. The molecule has 1 rings (SSSR count). The first kappa shape index (κ1) is 12.7. The quantitative estimate of drug-likeness (QED) is 0.715. The van der Waals surface area contributed by atoms with Gasteiger partial charge in [0.05, 0.1) is 0 Å². The minimum Gasteiger partial charge on any atom is -0.303 e. The molecule has 15 heavy (non-hydrogen) atoms. The van der Waals surface area contributed by atoms with Gasteiger partial charge in [0.15, 0.2) is 0 Å². The third kappa shape index (κ3) is 4.33. The second-order valence-corrected chi connectivity index (χ2v) is 5.95. The lowest BCUT2D eigenvalue weighted by atomic mass is 9.88. The van der Waals surface area contributed by atoms with Gasteiger partial charge in [-0.15, -0.1) is 0 Å². The third-order valence-electron chi connectivity index (χ3n) is 3.37. The zero-order valence-electron chi connectivity index (χ0n) is 10.7. The van der Waals surface area contributed by atoms with Crippen molar-refractivity contribution in [2.75, 3.05) is 19.6 Å². The largest absolute Gasteiger partial charge is 0.303 e. The molecule has 0 aliphatic carbocycles. The van der Waals surface area contributed by atoms with Gasteiger partial charge in [-0.2, -0.15) is 0 Å². The molecule has 0 spiro atoms. The van der Waals surface area contributed by atoms with Crippen LogP contribution in [0, 0.1) is 11.3 Å². The van der Waals surface area contributed by atoms with E-state index in [1.54, 1.807) is 0 Å². The van der Waals surface area contributed by atoms with Crippen molar-refractivity contribution in [3.05, 3.63) is 0 Å². The van der Waals surface area contributed by atoms with Gasteiger partial charge in [-0.3, -0.25) is 4.79 Å². The monoisotopic (exact) mass is 211 g/mol. The summed E-state index contributed by atoms with van der Waals surface area (Å²) >= 11 is 0. The van der Waals surface area contributed by atoms with E-state index in [0.29, 0.717) is 5.78 Å². The second-order valence-electron chi connectivity index (χ2n) is 5.95. The van der Waals surface area contributed by atoms with E-state index in [1.165, 1.54) is 25.9 Å². The number of carbonyl (C=O) groups excluding carboxylic acids is 1. The van der Waals surface area contributed by atoms with E-state index >= 15 is 0 Å². The maximum Gasteiger partial charge on any atom is 0.139 e. The lowest BCUT2D eigenvalue weighted by Crippen LogP contribution is -2.35. The van der Waals surface area contributed by atoms with Crippen molar-refractivity contribution in [3.63, 3.8) is 0 Å². The number of likely N-dealkylation sites (tertiary alicyclic amines) is 1. The van der Waals surface area contributed by atoms with Crippen LogP contribution in [0.1, 0.15) is 47.0 Å². The minimum atomic E-state index is -0.164. The Labute approximate surface area is 94.0 Å². The Balaban J connectivity index is 2.23. The van der Waals surface area contributed by atoms with Crippen LogP contribution in [0.5, 0.6) is 0 Å². The van der Waals surface area contributed by atoms with Crippen LogP contribution in [0.25, 0.3) is 0 Å². The zero-order valence-corrected chi connectivity index (χ0v) is 10.7. The molecule has 2 nitrogen and oxygen atoms in total. The molecule has 0 bridgehead atoms. The van der Waals surface area contributed by atoms with Gasteiger partial charge in [0.25, 0.3) is 0 Å². The number of Topliss-reactive ketones (excluding diaryl/α,β-unsaturated/α-hetero) is 1. The van der Waals surface area contributed by atoms with E-state index in [0.717, 1.165) is 18.9 Å². The lowest BCUT2D eigenvalue weighted by molar-refractivity contribution is -0.126. The van der Waals surface area contributed by atoms with Crippen molar-refractivity contribution < 1.29 is 4.79 Å². The van der Waals surface area contributed by atoms with Gasteiger partial charge in [0.2, 0.25) is 0 Å². The Morgan fingerprint density at radius 1 is 1.27 bits per heavy atom. The molecule has 1 aliphatic rings. The molecule has 0 amide bonds. The second kappa shape index (κ2) is 5.11. The molecule has 88 valence electrons. The van der Waals surface area contributed by atoms with Gasteiger partial charge >= 0.3 is 0 Å². The van der Waals surface area contributed by atoms with Crippen molar-refractivity contribution in [1.29, 1.82) is 0 Å². The highest BCUT2D eigenvalue weighted by molar-refractivity contribution is 5.83. The Morgan fingerprint density at radius 3 is 2.27 bits per heavy atom. The van der Waals surface area contributed by atoms with Gasteiger partial charge < -0.3 is 4.90 Å². The summed E-state index contributed by atoms with van der Waals surface area (Å²) in [7, 11) is 0. The summed E-state index contributed by atoms with van der Waals surface area (Å²) in [6.45, 7) is 11.7. The SMILES string of the molecule is CC1CCN(CCC(=O)C(C)(C)C)CC1. The summed E-state index contributed by atoms with van der Waals surface area (Å²) in [5.74, 6) is 1.26. The van der Waals surface area contributed by atoms with Crippen LogP contribution in [0.2, 0.25) is 0 Å². The van der Waals surface area contributed by atoms with Gasteiger partial charge in [-0.25, -0.2) is 0 Å². The maximum atomic E-state index is 11.7. The topological polar surface area (TPSA) is 20.3 Å². The van der Waals surface area contributed by atoms with Crippen LogP contribution < -0.4 is 0 Å². The normalized spacial score (nSPS) is 20.5. The minimum absolute atomic E-state index is 0.164. The molecular weight excluding hydrogens is 186 g/mol. The lowest BCUT2D eigenvalue weighted by Gasteiger charge is -2.30. The van der Waals surface area contributed by atoms with E-state index in [2.05, 4.69) is 11.8 Å². The first-order valence-corrected chi connectivity index (χ1v) is 6.15. The molecule has 1 fully saturated rings. The van der Waals surface area contributed by atoms with Crippen LogP contribution in [0.15, 0.2) is 0 Å². The van der Waals surface area contributed by atoms with Crippen LogP contribution in [-0.4, -0.2) is 30.3 Å². The van der Waals surface area contributed by atoms with Crippen molar-refractivity contribution in [1.82, 2.24) is 4.90 Å². The Hall–Kier alpha value is -0.370. The molecule has 0 N–H and O–H groups in total. The molecule has 0 radical (unpaired) electrons. The van der Waals surface area contributed by atoms with Gasteiger partial charge in [-0.05, 0) is 31.8 Å². The Kier molecular flexibility index (Phi) is 4.32. The Bertz CT molecular complexity index is 209. The molecule has 0 saturated carbocycles. The van der Waals surface area contributed by atoms with Crippen molar-refractivity contribution in [3.8, 4) is 0 Å². The van der Waals surface area contributed by atoms with Crippen molar-refractivity contribution in [2.45, 2.75) is 47.0 Å². The van der Waals surface area contributed by atoms with Gasteiger partial charge in [-0.1, -0.05) is 27.7 Å². The highest BCUT2D eigenvalue weighted by Crippen LogP contribution is 2.19. The van der Waals surface area contributed by atoms with E-state index < -0.39 is 0 Å². The molecular formula is C13H25NO. The van der Waals surface area contributed by atoms with Crippen LogP contribution >= 0.6 is 0 Å². The Morgan fingerprint density at radius 2 is 1.80 bits per heavy atom. The number of piperidine rings is 1. The number of rotatable bonds is 3. The average molecular weight is 211 g/mol.